The Labute approximate surface area is 296 Å². The number of amidine groups is 1. The van der Waals surface area contributed by atoms with Crippen molar-refractivity contribution in [2.24, 2.45) is 9.98 Å². The lowest BCUT2D eigenvalue weighted by atomic mass is 9.93. The zero-order valence-electron chi connectivity index (χ0n) is 28.0. The van der Waals surface area contributed by atoms with Crippen molar-refractivity contribution in [2.45, 2.75) is 12.5 Å². The van der Waals surface area contributed by atoms with Crippen molar-refractivity contribution in [3.63, 3.8) is 0 Å². The van der Waals surface area contributed by atoms with E-state index in [-0.39, 0.29) is 6.04 Å². The van der Waals surface area contributed by atoms with Gasteiger partial charge in [-0.05, 0) is 66.2 Å². The van der Waals surface area contributed by atoms with Crippen LogP contribution in [0.4, 0.5) is 0 Å². The number of para-hydroxylation sites is 1. The fraction of sp³-hybridized carbons (Fsp3) is 0.0435. The van der Waals surface area contributed by atoms with Crippen LogP contribution in [0.25, 0.3) is 56.2 Å². The van der Waals surface area contributed by atoms with Crippen LogP contribution in [0.3, 0.4) is 0 Å². The number of nitrogens with zero attached hydrogens (tertiary/aromatic N) is 4. The summed E-state index contributed by atoms with van der Waals surface area (Å²) >= 11 is 0. The molecule has 0 amide bonds. The highest BCUT2D eigenvalue weighted by atomic mass is 16.3. The van der Waals surface area contributed by atoms with Gasteiger partial charge < -0.3 is 4.42 Å². The highest BCUT2D eigenvalue weighted by Crippen LogP contribution is 2.33. The van der Waals surface area contributed by atoms with Gasteiger partial charge >= 0.3 is 0 Å². The Morgan fingerprint density at radius 1 is 0.745 bits per heavy atom. The normalized spacial score (nSPS) is 13.2. The Bertz CT molecular complexity index is 2710. The Hall–Kier alpha value is -6.72. The van der Waals surface area contributed by atoms with Crippen LogP contribution in [-0.4, -0.2) is 22.5 Å². The Morgan fingerprint density at radius 3 is 2.29 bits per heavy atom. The van der Waals surface area contributed by atoms with Gasteiger partial charge in [0.05, 0.1) is 16.7 Å². The Morgan fingerprint density at radius 2 is 1.49 bits per heavy atom. The van der Waals surface area contributed by atoms with Crippen LogP contribution in [-0.2, 0) is 6.42 Å². The van der Waals surface area contributed by atoms with Crippen LogP contribution in [0, 0.1) is 0 Å². The van der Waals surface area contributed by atoms with Gasteiger partial charge in [-0.1, -0.05) is 128 Å². The lowest BCUT2D eigenvalue weighted by Gasteiger charge is -2.18. The first kappa shape index (κ1) is 31.5. The molecule has 0 saturated heterocycles. The molecule has 51 heavy (non-hydrogen) atoms. The molecular formula is C46H34N4O. The lowest BCUT2D eigenvalue weighted by molar-refractivity contribution is 0.574. The second-order valence-corrected chi connectivity index (χ2v) is 12.3. The van der Waals surface area contributed by atoms with Crippen LogP contribution < -0.4 is 10.6 Å². The van der Waals surface area contributed by atoms with Crippen LogP contribution in [0.5, 0.6) is 0 Å². The van der Waals surface area contributed by atoms with Gasteiger partial charge in [0.25, 0.3) is 0 Å². The number of benzene rings is 5. The summed E-state index contributed by atoms with van der Waals surface area (Å²) in [6, 6.07) is 47.1. The third-order valence-electron chi connectivity index (χ3n) is 9.08. The van der Waals surface area contributed by atoms with Gasteiger partial charge in [0, 0.05) is 38.7 Å². The third-order valence-corrected chi connectivity index (χ3v) is 9.08. The molecule has 244 valence electrons. The highest BCUT2D eigenvalue weighted by Gasteiger charge is 2.18. The number of aromatic nitrogens is 2. The number of allylic oxidation sites excluding steroid dienone is 1. The molecule has 1 unspecified atom stereocenters. The minimum atomic E-state index is -0.357. The van der Waals surface area contributed by atoms with Crippen LogP contribution in [0.15, 0.2) is 173 Å². The molecule has 0 radical (unpaired) electrons. The zero-order chi connectivity index (χ0) is 34.6. The second kappa shape index (κ2) is 14.0. The molecule has 0 N–H and O–H groups in total. The molecule has 3 heterocycles. The van der Waals surface area contributed by atoms with E-state index in [4.69, 9.17) is 19.4 Å². The molecule has 8 aromatic rings. The first-order valence-corrected chi connectivity index (χ1v) is 16.9. The van der Waals surface area contributed by atoms with E-state index in [1.165, 1.54) is 0 Å². The van der Waals surface area contributed by atoms with Gasteiger partial charge in [-0.15, -0.1) is 0 Å². The van der Waals surface area contributed by atoms with E-state index >= 15 is 0 Å². The average molecular weight is 659 g/mol. The maximum absolute atomic E-state index is 6.35. The largest absolute Gasteiger partial charge is 0.456 e. The quantitative estimate of drug-likeness (QED) is 0.0929. The molecule has 0 aliphatic carbocycles. The van der Waals surface area contributed by atoms with Crippen molar-refractivity contribution < 1.29 is 4.42 Å². The van der Waals surface area contributed by atoms with E-state index in [1.807, 2.05) is 85.1 Å². The number of hydrogen-bond acceptors (Lipinski definition) is 4. The van der Waals surface area contributed by atoms with Crippen molar-refractivity contribution in [3.8, 4) is 11.3 Å². The van der Waals surface area contributed by atoms with Crippen LogP contribution >= 0.6 is 0 Å². The number of fused-ring (bicyclic) bond motifs is 4. The summed E-state index contributed by atoms with van der Waals surface area (Å²) in [6.45, 7) is 7.85. The predicted molar refractivity (Wildman–Crippen MR) is 212 cm³/mol. The molecule has 3 aromatic heterocycles. The maximum Gasteiger partial charge on any atom is 0.154 e. The Kier molecular flexibility index (Phi) is 8.67. The minimum Gasteiger partial charge on any atom is -0.456 e. The molecule has 0 aliphatic rings. The number of furan rings is 1. The van der Waals surface area contributed by atoms with Gasteiger partial charge in [-0.25, -0.2) is 9.98 Å². The van der Waals surface area contributed by atoms with Gasteiger partial charge in [0.15, 0.2) is 5.84 Å². The smallest absolute Gasteiger partial charge is 0.154 e. The summed E-state index contributed by atoms with van der Waals surface area (Å²) in [6.07, 6.45) is 8.39. The minimum absolute atomic E-state index is 0.357. The van der Waals surface area contributed by atoms with Crippen molar-refractivity contribution in [2.75, 3.05) is 0 Å². The molecule has 0 aliphatic heterocycles. The van der Waals surface area contributed by atoms with E-state index in [9.17, 15) is 0 Å². The average Bonchev–Trinajstić information content (AvgIpc) is 3.55. The zero-order valence-corrected chi connectivity index (χ0v) is 28.0. The standard InChI is InChI=1S/C46H34N4O/c1-3-13-38-39-19-10-11-20-41(39)51-42(38)26-21-31-28-36(40-25-24-34-23-22-33-18-12-27-48-44(33)45(34)49-40)30-37(29-31)43(32-14-6-4-7-15-32)50-46(47-2)35-16-8-5-9-17-35/h3-20,22-30,43H,1-2,21H2/b38-13-,42-26+,50-46?. The molecule has 5 aromatic carbocycles. The molecule has 8 rings (SSSR count). The molecule has 0 bridgehead atoms. The van der Waals surface area contributed by atoms with Crippen molar-refractivity contribution in [1.82, 2.24) is 9.97 Å². The topological polar surface area (TPSA) is 63.6 Å². The van der Waals surface area contributed by atoms with E-state index < -0.39 is 0 Å². The summed E-state index contributed by atoms with van der Waals surface area (Å²) in [4.78, 5) is 19.6. The maximum atomic E-state index is 6.35. The monoisotopic (exact) mass is 658 g/mol. The first-order chi connectivity index (χ1) is 25.2. The molecule has 1 atom stereocenters. The first-order valence-electron chi connectivity index (χ1n) is 16.9. The van der Waals surface area contributed by atoms with E-state index in [1.54, 1.807) is 6.08 Å². The van der Waals surface area contributed by atoms with E-state index in [0.29, 0.717) is 12.3 Å². The van der Waals surface area contributed by atoms with Crippen molar-refractivity contribution >= 4 is 57.5 Å². The van der Waals surface area contributed by atoms with Crippen LogP contribution in [0.2, 0.25) is 0 Å². The lowest BCUT2D eigenvalue weighted by Crippen LogP contribution is -2.20. The van der Waals surface area contributed by atoms with Gasteiger partial charge in [-0.3, -0.25) is 9.98 Å². The van der Waals surface area contributed by atoms with Gasteiger partial charge in [0.2, 0.25) is 0 Å². The summed E-state index contributed by atoms with van der Waals surface area (Å²) in [5.74, 6) is 0.580. The molecule has 5 nitrogen and oxygen atoms in total. The highest BCUT2D eigenvalue weighted by molar-refractivity contribution is 6.03. The molecular weight excluding hydrogens is 625 g/mol. The summed E-state index contributed by atoms with van der Waals surface area (Å²) in [5.41, 5.74) is 9.30. The molecule has 0 saturated carbocycles. The third kappa shape index (κ3) is 6.41. The number of aliphatic imine (C=N–C) groups is 2. The van der Waals surface area contributed by atoms with E-state index in [2.05, 4.69) is 91.1 Å². The summed E-state index contributed by atoms with van der Waals surface area (Å²) in [7, 11) is 0. The van der Waals surface area contributed by atoms with Crippen LogP contribution in [0.1, 0.15) is 28.3 Å². The van der Waals surface area contributed by atoms with E-state index in [0.717, 1.165) is 76.9 Å². The summed E-state index contributed by atoms with van der Waals surface area (Å²) < 4.78 is 6.35. The number of rotatable bonds is 8. The number of hydrogen-bond donors (Lipinski definition) is 0. The van der Waals surface area contributed by atoms with Crippen molar-refractivity contribution in [1.29, 1.82) is 0 Å². The van der Waals surface area contributed by atoms with Gasteiger partial charge in [0.1, 0.15) is 17.0 Å². The molecule has 5 heteroatoms. The predicted octanol–water partition coefficient (Wildman–Crippen LogP) is 9.42. The SMILES string of the molecule is C=C/C=c1\c(=C/Cc2cc(-c3ccc4ccc5cccnc5c4n3)cc(C(N=C(N=C)c3ccccc3)c3ccccc3)c2)oc2ccccc12. The van der Waals surface area contributed by atoms with Crippen molar-refractivity contribution in [3.05, 3.63) is 191 Å². The summed E-state index contributed by atoms with van der Waals surface area (Å²) in [5, 5.41) is 4.18. The second-order valence-electron chi connectivity index (χ2n) is 12.3. The number of pyridine rings is 2. The fourth-order valence-electron chi connectivity index (χ4n) is 6.66. The van der Waals surface area contributed by atoms with Gasteiger partial charge in [-0.2, -0.15) is 0 Å². The molecule has 0 fully saturated rings. The molecule has 0 spiro atoms. The Balaban J connectivity index is 1.34. The fourth-order valence-corrected chi connectivity index (χ4v) is 6.66.